The van der Waals surface area contributed by atoms with E-state index in [0.717, 1.165) is 38.8 Å². The number of carbonyl (C=O) groups excluding carboxylic acids is 1. The normalized spacial score (nSPS) is 24.9. The second-order valence-electron chi connectivity index (χ2n) is 7.79. The van der Waals surface area contributed by atoms with Crippen LogP contribution in [0.3, 0.4) is 0 Å². The fourth-order valence-corrected chi connectivity index (χ4v) is 5.28. The summed E-state index contributed by atoms with van der Waals surface area (Å²) >= 11 is 0. The third-order valence-electron chi connectivity index (χ3n) is 6.60. The molecule has 6 nitrogen and oxygen atoms in total. The lowest BCUT2D eigenvalue weighted by Gasteiger charge is -2.52. The molecule has 2 aromatic rings. The number of aromatic amines is 1. The number of rotatable bonds is 4. The molecule has 2 N–H and O–H groups in total. The van der Waals surface area contributed by atoms with Crippen molar-refractivity contribution in [1.29, 1.82) is 0 Å². The summed E-state index contributed by atoms with van der Waals surface area (Å²) in [7, 11) is 1.33. The Hall–Kier alpha value is -2.05. The fourth-order valence-electron chi connectivity index (χ4n) is 5.28. The van der Waals surface area contributed by atoms with Crippen molar-refractivity contribution in [3.05, 3.63) is 35.5 Å². The van der Waals surface area contributed by atoms with Gasteiger partial charge in [-0.15, -0.1) is 12.4 Å². The van der Waals surface area contributed by atoms with Crippen molar-refractivity contribution in [2.75, 3.05) is 20.2 Å². The van der Waals surface area contributed by atoms with Crippen LogP contribution < -0.4 is 0 Å². The average Bonchev–Trinajstić information content (AvgIpc) is 3.10. The van der Waals surface area contributed by atoms with Crippen LogP contribution in [-0.4, -0.2) is 47.0 Å². The lowest BCUT2D eigenvalue weighted by molar-refractivity contribution is -0.133. The molecule has 0 bridgehead atoms. The van der Waals surface area contributed by atoms with E-state index in [1.807, 2.05) is 0 Å². The lowest BCUT2D eigenvalue weighted by atomic mass is 9.65. The Kier molecular flexibility index (Phi) is 6.01. The van der Waals surface area contributed by atoms with Crippen LogP contribution in [0.5, 0.6) is 0 Å². The SMILES string of the molecule is CCC1(CC(=NO)C(=O)OC)CCCN2CCc3c([nH]c4ccccc34)C21.Cl. The molecule has 0 saturated carbocycles. The number of carbonyl (C=O) groups is 1. The summed E-state index contributed by atoms with van der Waals surface area (Å²) < 4.78 is 4.84. The molecule has 1 fully saturated rings. The number of aromatic nitrogens is 1. The number of halogens is 1. The van der Waals surface area contributed by atoms with Crippen molar-refractivity contribution >= 4 is 35.0 Å². The fraction of sp³-hybridized carbons (Fsp3) is 0.524. The first-order valence-corrected chi connectivity index (χ1v) is 9.76. The van der Waals surface area contributed by atoms with E-state index in [1.54, 1.807) is 0 Å². The Bertz CT molecular complexity index is 894. The van der Waals surface area contributed by atoms with Gasteiger partial charge in [-0.2, -0.15) is 0 Å². The zero-order chi connectivity index (χ0) is 19.0. The molecular weight excluding hydrogens is 378 g/mol. The van der Waals surface area contributed by atoms with Crippen molar-refractivity contribution in [2.45, 2.75) is 45.1 Å². The lowest BCUT2D eigenvalue weighted by Crippen LogP contribution is -2.50. The number of hydrogen-bond acceptors (Lipinski definition) is 5. The van der Waals surface area contributed by atoms with Gasteiger partial charge in [0.05, 0.1) is 13.2 Å². The number of methoxy groups -OCH3 is 1. The van der Waals surface area contributed by atoms with Crippen LogP contribution >= 0.6 is 12.4 Å². The topological polar surface area (TPSA) is 77.9 Å². The highest BCUT2D eigenvalue weighted by Crippen LogP contribution is 2.53. The summed E-state index contributed by atoms with van der Waals surface area (Å²) in [6, 6.07) is 8.65. The number of para-hydroxylation sites is 1. The minimum Gasteiger partial charge on any atom is -0.464 e. The van der Waals surface area contributed by atoms with E-state index in [2.05, 4.69) is 46.2 Å². The van der Waals surface area contributed by atoms with Gasteiger partial charge >= 0.3 is 5.97 Å². The summed E-state index contributed by atoms with van der Waals surface area (Å²) in [5, 5.41) is 14.0. The second kappa shape index (κ2) is 8.13. The maximum Gasteiger partial charge on any atom is 0.355 e. The van der Waals surface area contributed by atoms with Crippen LogP contribution in [0.25, 0.3) is 10.9 Å². The zero-order valence-electron chi connectivity index (χ0n) is 16.4. The third kappa shape index (κ3) is 3.18. The van der Waals surface area contributed by atoms with E-state index >= 15 is 0 Å². The number of hydrogen-bond donors (Lipinski definition) is 2. The Morgan fingerprint density at radius 3 is 2.89 bits per heavy atom. The Morgan fingerprint density at radius 1 is 1.39 bits per heavy atom. The van der Waals surface area contributed by atoms with Crippen LogP contribution in [0.4, 0.5) is 0 Å². The predicted molar refractivity (Wildman–Crippen MR) is 111 cm³/mol. The number of ether oxygens (including phenoxy) is 1. The van der Waals surface area contributed by atoms with Crippen molar-refractivity contribution in [2.24, 2.45) is 10.6 Å². The molecule has 2 atom stereocenters. The maximum absolute atomic E-state index is 12.1. The summed E-state index contributed by atoms with van der Waals surface area (Å²) in [5.74, 6) is -0.546. The number of esters is 1. The van der Waals surface area contributed by atoms with Gasteiger partial charge in [-0.25, -0.2) is 4.79 Å². The van der Waals surface area contributed by atoms with E-state index < -0.39 is 5.97 Å². The Balaban J connectivity index is 0.00000225. The number of oxime groups is 1. The van der Waals surface area contributed by atoms with Gasteiger partial charge in [0.25, 0.3) is 0 Å². The number of piperidine rings is 1. The standard InChI is InChI=1S/C21H27N3O3.ClH/c1-3-21(13-17(23-26)20(25)27-2)10-6-11-24-12-9-15-14-7-4-5-8-16(14)22-18(15)19(21)24;/h4-5,7-8,19,22,26H,3,6,9-13H2,1-2H3;1H. The number of nitrogens with zero attached hydrogens (tertiary/aromatic N) is 2. The molecular formula is C21H28ClN3O3. The van der Waals surface area contributed by atoms with E-state index in [0.29, 0.717) is 6.42 Å². The zero-order valence-corrected chi connectivity index (χ0v) is 17.2. The summed E-state index contributed by atoms with van der Waals surface area (Å²) in [5.41, 5.74) is 3.79. The van der Waals surface area contributed by atoms with E-state index in [1.165, 1.54) is 29.3 Å². The highest BCUT2D eigenvalue weighted by molar-refractivity contribution is 6.36. The van der Waals surface area contributed by atoms with Gasteiger partial charge in [0.15, 0.2) is 5.71 Å². The number of nitrogens with one attached hydrogen (secondary N) is 1. The number of fused-ring (bicyclic) bond motifs is 5. The molecule has 0 aliphatic carbocycles. The largest absolute Gasteiger partial charge is 0.464 e. The van der Waals surface area contributed by atoms with Gasteiger partial charge in [-0.3, -0.25) is 4.90 Å². The molecule has 0 radical (unpaired) electrons. The molecule has 2 aliphatic heterocycles. The first-order chi connectivity index (χ1) is 13.1. The van der Waals surface area contributed by atoms with Gasteiger partial charge in [0.1, 0.15) is 0 Å². The summed E-state index contributed by atoms with van der Waals surface area (Å²) in [4.78, 5) is 18.3. The molecule has 1 aromatic carbocycles. The molecule has 3 heterocycles. The average molecular weight is 406 g/mol. The highest BCUT2D eigenvalue weighted by Gasteiger charge is 2.48. The van der Waals surface area contributed by atoms with Crippen LogP contribution in [0, 0.1) is 5.41 Å². The first-order valence-electron chi connectivity index (χ1n) is 9.76. The molecule has 2 unspecified atom stereocenters. The molecule has 1 saturated heterocycles. The van der Waals surface area contributed by atoms with Gasteiger partial charge in [0.2, 0.25) is 0 Å². The smallest absolute Gasteiger partial charge is 0.355 e. The third-order valence-corrected chi connectivity index (χ3v) is 6.60. The van der Waals surface area contributed by atoms with E-state index in [9.17, 15) is 10.0 Å². The first kappa shape index (κ1) is 20.7. The van der Waals surface area contributed by atoms with Gasteiger partial charge in [-0.05, 0) is 49.3 Å². The number of benzene rings is 1. The molecule has 0 amide bonds. The van der Waals surface area contributed by atoms with Crippen molar-refractivity contribution in [1.82, 2.24) is 9.88 Å². The van der Waals surface area contributed by atoms with Crippen molar-refractivity contribution in [3.63, 3.8) is 0 Å². The van der Waals surface area contributed by atoms with Crippen LogP contribution in [0.2, 0.25) is 0 Å². The predicted octanol–water partition coefficient (Wildman–Crippen LogP) is 4.07. The minimum absolute atomic E-state index is 0. The van der Waals surface area contributed by atoms with E-state index in [4.69, 9.17) is 4.74 Å². The van der Waals surface area contributed by atoms with Crippen LogP contribution in [-0.2, 0) is 16.0 Å². The molecule has 7 heteroatoms. The molecule has 28 heavy (non-hydrogen) atoms. The van der Waals surface area contributed by atoms with Crippen LogP contribution in [0.15, 0.2) is 29.4 Å². The summed E-state index contributed by atoms with van der Waals surface area (Å²) in [6.07, 6.45) is 4.44. The summed E-state index contributed by atoms with van der Waals surface area (Å²) in [6.45, 7) is 4.25. The molecule has 4 rings (SSSR count). The van der Waals surface area contributed by atoms with Crippen LogP contribution in [0.1, 0.15) is 49.9 Å². The highest BCUT2D eigenvalue weighted by atomic mass is 35.5. The molecule has 152 valence electrons. The van der Waals surface area contributed by atoms with Crippen molar-refractivity contribution in [3.8, 4) is 0 Å². The quantitative estimate of drug-likeness (QED) is 0.348. The number of H-pyrrole nitrogens is 1. The van der Waals surface area contributed by atoms with Crippen molar-refractivity contribution < 1.29 is 14.7 Å². The minimum atomic E-state index is -0.546. The maximum atomic E-state index is 12.1. The molecule has 1 aromatic heterocycles. The molecule has 2 aliphatic rings. The Labute approximate surface area is 171 Å². The van der Waals surface area contributed by atoms with Gasteiger partial charge < -0.3 is 14.9 Å². The Morgan fingerprint density at radius 2 is 2.18 bits per heavy atom. The van der Waals surface area contributed by atoms with Gasteiger partial charge in [-0.1, -0.05) is 30.3 Å². The molecule has 0 spiro atoms. The monoisotopic (exact) mass is 405 g/mol. The second-order valence-corrected chi connectivity index (χ2v) is 7.79. The van der Waals surface area contributed by atoms with E-state index in [-0.39, 0.29) is 29.6 Å². The van der Waals surface area contributed by atoms with Gasteiger partial charge in [0, 0.05) is 29.6 Å².